The minimum Gasteiger partial charge on any atom is -0.489 e. The molecule has 1 heterocycles. The molecule has 1 aliphatic heterocycles. The topological polar surface area (TPSA) is 44.8 Å². The molecule has 1 amide bonds. The van der Waals surface area contributed by atoms with Gasteiger partial charge in [0.25, 0.3) is 0 Å². The second-order valence-corrected chi connectivity index (χ2v) is 11.0. The second kappa shape index (κ2) is 10.2. The van der Waals surface area contributed by atoms with Crippen molar-refractivity contribution in [2.75, 3.05) is 57.4 Å². The highest BCUT2D eigenvalue weighted by Gasteiger charge is 2.54. The van der Waals surface area contributed by atoms with Crippen LogP contribution in [0.25, 0.3) is 0 Å². The van der Waals surface area contributed by atoms with Gasteiger partial charge in [0.15, 0.2) is 0 Å². The van der Waals surface area contributed by atoms with E-state index in [0.29, 0.717) is 5.91 Å². The van der Waals surface area contributed by atoms with Crippen molar-refractivity contribution in [3.05, 3.63) is 24.3 Å². The maximum atomic E-state index is 13.1. The molecular weight excluding hydrogens is 417 g/mol. The van der Waals surface area contributed by atoms with E-state index in [0.717, 1.165) is 101 Å². The average Bonchev–Trinajstić information content (AvgIpc) is 2.82. The van der Waals surface area contributed by atoms with E-state index < -0.39 is 6.67 Å². The fourth-order valence-corrected chi connectivity index (χ4v) is 7.44. The maximum Gasteiger partial charge on any atom is 0.226 e. The van der Waals surface area contributed by atoms with E-state index >= 15 is 0 Å². The number of nitrogens with zero attached hydrogens (tertiary/aromatic N) is 2. The Labute approximate surface area is 198 Å². The summed E-state index contributed by atoms with van der Waals surface area (Å²) in [6.45, 7) is 5.51. The van der Waals surface area contributed by atoms with E-state index in [1.54, 1.807) is 0 Å². The molecule has 5 fully saturated rings. The fourth-order valence-electron chi connectivity index (χ4n) is 7.44. The number of amides is 1. The third-order valence-electron chi connectivity index (χ3n) is 8.62. The van der Waals surface area contributed by atoms with E-state index in [9.17, 15) is 9.18 Å². The monoisotopic (exact) mass is 457 g/mol. The molecule has 1 aromatic rings. The summed E-state index contributed by atoms with van der Waals surface area (Å²) >= 11 is 0. The van der Waals surface area contributed by atoms with Gasteiger partial charge in [0.2, 0.25) is 5.91 Å². The summed E-state index contributed by atoms with van der Waals surface area (Å²) in [6, 6.07) is 7.95. The number of carbonyl (C=O) groups is 1. The second-order valence-electron chi connectivity index (χ2n) is 11.0. The van der Waals surface area contributed by atoms with Crippen LogP contribution in [-0.4, -0.2) is 63.4 Å². The van der Waals surface area contributed by atoms with E-state index in [1.165, 1.54) is 19.3 Å². The van der Waals surface area contributed by atoms with Crippen LogP contribution in [0.1, 0.15) is 51.4 Å². The van der Waals surface area contributed by atoms with Crippen LogP contribution in [-0.2, 0) is 4.79 Å². The lowest BCUT2D eigenvalue weighted by atomic mass is 9.49. The lowest BCUT2D eigenvalue weighted by molar-refractivity contribution is -0.146. The third kappa shape index (κ3) is 5.16. The van der Waals surface area contributed by atoms with Gasteiger partial charge in [0, 0.05) is 38.1 Å². The number of piperazine rings is 1. The van der Waals surface area contributed by atoms with E-state index in [2.05, 4.69) is 21.2 Å². The van der Waals surface area contributed by atoms with E-state index in [4.69, 9.17) is 4.74 Å². The van der Waals surface area contributed by atoms with Crippen molar-refractivity contribution >= 4 is 11.6 Å². The van der Waals surface area contributed by atoms with Gasteiger partial charge in [-0.05, 0) is 87.8 Å². The molecule has 0 aromatic heterocycles. The highest BCUT2D eigenvalue weighted by Crippen LogP contribution is 2.60. The largest absolute Gasteiger partial charge is 0.489 e. The smallest absolute Gasteiger partial charge is 0.226 e. The van der Waals surface area contributed by atoms with Gasteiger partial charge >= 0.3 is 0 Å². The number of halogens is 1. The summed E-state index contributed by atoms with van der Waals surface area (Å²) in [7, 11) is 0. The van der Waals surface area contributed by atoms with Crippen molar-refractivity contribution in [2.24, 2.45) is 23.2 Å². The Morgan fingerprint density at radius 1 is 1.00 bits per heavy atom. The highest BCUT2D eigenvalue weighted by molar-refractivity contribution is 5.83. The molecule has 5 nitrogen and oxygen atoms in total. The summed E-state index contributed by atoms with van der Waals surface area (Å²) in [6.07, 6.45) is 9.78. The SMILES string of the molecule is O=C(NCCCCN1CCN(c2ccccc2OCCF)CC1)C12CC3CC(CC(C3)C1)C2. The number of rotatable bonds is 10. The molecule has 0 unspecified atom stereocenters. The molecule has 1 aromatic carbocycles. The predicted octanol–water partition coefficient (Wildman–Crippen LogP) is 4.27. The van der Waals surface area contributed by atoms with Crippen LogP contribution < -0.4 is 15.0 Å². The molecule has 0 radical (unpaired) electrons. The minimum absolute atomic E-state index is 0.0186. The molecule has 33 heavy (non-hydrogen) atoms. The predicted molar refractivity (Wildman–Crippen MR) is 129 cm³/mol. The molecule has 0 atom stereocenters. The maximum absolute atomic E-state index is 13.1. The number of hydrogen-bond acceptors (Lipinski definition) is 4. The Morgan fingerprint density at radius 2 is 1.67 bits per heavy atom. The zero-order valence-corrected chi connectivity index (χ0v) is 19.9. The summed E-state index contributed by atoms with van der Waals surface area (Å²) in [5.41, 5.74) is 1.05. The summed E-state index contributed by atoms with van der Waals surface area (Å²) in [4.78, 5) is 17.9. The van der Waals surface area contributed by atoms with Gasteiger partial charge in [-0.1, -0.05) is 12.1 Å². The standard InChI is InChI=1S/C27H40FN3O2/c28-7-14-33-25-6-2-1-5-24(25)31-12-10-30(11-13-31)9-4-3-8-29-26(32)27-18-21-15-22(19-27)17-23(16-21)20-27/h1-2,5-6,21-23H,3-4,7-20H2,(H,29,32). The first kappa shape index (κ1) is 22.9. The Hall–Kier alpha value is -1.82. The van der Waals surface area contributed by atoms with Gasteiger partial charge in [-0.15, -0.1) is 0 Å². The van der Waals surface area contributed by atoms with Gasteiger partial charge in [0.1, 0.15) is 19.0 Å². The van der Waals surface area contributed by atoms with E-state index in [1.807, 2.05) is 18.2 Å². The minimum atomic E-state index is -0.467. The number of anilines is 1. The summed E-state index contributed by atoms with van der Waals surface area (Å²) in [5, 5.41) is 3.32. The number of alkyl halides is 1. The summed E-state index contributed by atoms with van der Waals surface area (Å²) < 4.78 is 18.1. The first-order chi connectivity index (χ1) is 16.1. The molecule has 5 aliphatic rings. The number of carbonyl (C=O) groups excluding carboxylic acids is 1. The fraction of sp³-hybridized carbons (Fsp3) is 0.741. The van der Waals surface area contributed by atoms with Crippen LogP contribution in [0.2, 0.25) is 0 Å². The van der Waals surface area contributed by atoms with Crippen molar-refractivity contribution in [3.63, 3.8) is 0 Å². The van der Waals surface area contributed by atoms with Gasteiger partial charge < -0.3 is 15.0 Å². The van der Waals surface area contributed by atoms with Gasteiger partial charge in [-0.3, -0.25) is 9.69 Å². The van der Waals surface area contributed by atoms with Crippen molar-refractivity contribution in [3.8, 4) is 5.75 Å². The van der Waals surface area contributed by atoms with E-state index in [-0.39, 0.29) is 12.0 Å². The lowest BCUT2D eigenvalue weighted by Gasteiger charge is -2.55. The van der Waals surface area contributed by atoms with Crippen LogP contribution in [0.5, 0.6) is 5.75 Å². The lowest BCUT2D eigenvalue weighted by Crippen LogP contribution is -2.53. The molecular formula is C27H40FN3O2. The molecule has 6 heteroatoms. The number of para-hydroxylation sites is 2. The normalized spacial score (nSPS) is 31.1. The average molecular weight is 458 g/mol. The molecule has 6 rings (SSSR count). The molecule has 4 saturated carbocycles. The summed E-state index contributed by atoms with van der Waals surface area (Å²) in [5.74, 6) is 3.61. The number of hydrogen-bond donors (Lipinski definition) is 1. The zero-order chi connectivity index (χ0) is 22.7. The van der Waals surface area contributed by atoms with Crippen molar-refractivity contribution in [1.29, 1.82) is 0 Å². The number of benzene rings is 1. The number of unbranched alkanes of at least 4 members (excludes halogenated alkanes) is 1. The molecule has 1 N–H and O–H groups in total. The first-order valence-corrected chi connectivity index (χ1v) is 13.2. The van der Waals surface area contributed by atoms with Crippen molar-refractivity contribution in [1.82, 2.24) is 10.2 Å². The molecule has 1 saturated heterocycles. The van der Waals surface area contributed by atoms with Crippen LogP contribution in [0.4, 0.5) is 10.1 Å². The Balaban J connectivity index is 1.00. The van der Waals surface area contributed by atoms with Crippen LogP contribution in [0.15, 0.2) is 24.3 Å². The van der Waals surface area contributed by atoms with Crippen LogP contribution >= 0.6 is 0 Å². The Bertz CT molecular complexity index is 773. The van der Waals surface area contributed by atoms with Gasteiger partial charge in [-0.25, -0.2) is 4.39 Å². The number of nitrogens with one attached hydrogen (secondary N) is 1. The third-order valence-corrected chi connectivity index (χ3v) is 8.62. The quantitative estimate of drug-likeness (QED) is 0.533. The van der Waals surface area contributed by atoms with Crippen molar-refractivity contribution < 1.29 is 13.9 Å². The molecule has 4 aliphatic carbocycles. The highest BCUT2D eigenvalue weighted by atomic mass is 19.1. The van der Waals surface area contributed by atoms with Gasteiger partial charge in [-0.2, -0.15) is 0 Å². The zero-order valence-electron chi connectivity index (χ0n) is 19.9. The molecule has 182 valence electrons. The Morgan fingerprint density at radius 3 is 2.33 bits per heavy atom. The molecule has 4 bridgehead atoms. The van der Waals surface area contributed by atoms with Gasteiger partial charge in [0.05, 0.1) is 5.69 Å². The van der Waals surface area contributed by atoms with Crippen molar-refractivity contribution in [2.45, 2.75) is 51.4 Å². The van der Waals surface area contributed by atoms with Crippen LogP contribution in [0.3, 0.4) is 0 Å². The molecule has 0 spiro atoms. The number of ether oxygens (including phenoxy) is 1. The van der Waals surface area contributed by atoms with Crippen LogP contribution in [0, 0.1) is 23.2 Å². The first-order valence-electron chi connectivity index (χ1n) is 13.2. The Kier molecular flexibility index (Phi) is 7.10.